The number of hydrogen-bond acceptors (Lipinski definition) is 5. The summed E-state index contributed by atoms with van der Waals surface area (Å²) in [5, 5.41) is 5.47. The zero-order valence-electron chi connectivity index (χ0n) is 20.7. The van der Waals surface area contributed by atoms with Gasteiger partial charge in [0, 0.05) is 25.5 Å². The van der Waals surface area contributed by atoms with Crippen LogP contribution in [0.1, 0.15) is 32.1 Å². The Labute approximate surface area is 210 Å². The number of amides is 4. The van der Waals surface area contributed by atoms with Crippen molar-refractivity contribution in [2.75, 3.05) is 37.8 Å². The van der Waals surface area contributed by atoms with Crippen LogP contribution in [0.5, 0.6) is 0 Å². The quantitative estimate of drug-likeness (QED) is 0.507. The molecule has 0 bridgehead atoms. The van der Waals surface area contributed by atoms with E-state index in [0.717, 1.165) is 11.1 Å². The van der Waals surface area contributed by atoms with E-state index in [0.29, 0.717) is 11.4 Å². The Hall–Kier alpha value is -4.53. The number of aromatic nitrogens is 1. The minimum atomic E-state index is -0.511. The molecule has 0 unspecified atom stereocenters. The van der Waals surface area contributed by atoms with Crippen molar-refractivity contribution in [1.29, 1.82) is 0 Å². The molecule has 0 saturated heterocycles. The molecule has 0 aliphatic carbocycles. The number of rotatable bonds is 8. The lowest BCUT2D eigenvalue weighted by Crippen LogP contribution is -2.37. The average molecular weight is 488 g/mol. The van der Waals surface area contributed by atoms with Crippen molar-refractivity contribution in [3.63, 3.8) is 0 Å². The first-order valence-electron chi connectivity index (χ1n) is 11.3. The van der Waals surface area contributed by atoms with Gasteiger partial charge in [0.2, 0.25) is 11.8 Å². The van der Waals surface area contributed by atoms with E-state index in [4.69, 9.17) is 0 Å². The third-order valence-corrected chi connectivity index (χ3v) is 5.31. The van der Waals surface area contributed by atoms with Crippen LogP contribution in [-0.2, 0) is 9.59 Å². The van der Waals surface area contributed by atoms with E-state index in [9.17, 15) is 19.2 Å². The van der Waals surface area contributed by atoms with Crippen LogP contribution in [0.4, 0.5) is 11.4 Å². The summed E-state index contributed by atoms with van der Waals surface area (Å²) < 4.78 is 0. The first-order chi connectivity index (χ1) is 17.1. The second kappa shape index (κ2) is 11.7. The minimum absolute atomic E-state index is 0.0176. The first kappa shape index (κ1) is 26.1. The van der Waals surface area contributed by atoms with Gasteiger partial charge in [-0.3, -0.25) is 19.2 Å². The van der Waals surface area contributed by atoms with Gasteiger partial charge in [-0.05, 0) is 50.2 Å². The first-order valence-corrected chi connectivity index (χ1v) is 11.3. The highest BCUT2D eigenvalue weighted by atomic mass is 16.2. The molecule has 9 nitrogen and oxygen atoms in total. The van der Waals surface area contributed by atoms with E-state index in [-0.39, 0.29) is 36.3 Å². The molecule has 0 fully saturated rings. The van der Waals surface area contributed by atoms with Crippen LogP contribution in [0.3, 0.4) is 0 Å². The summed E-state index contributed by atoms with van der Waals surface area (Å²) in [6, 6.07) is 19.1. The summed E-state index contributed by atoms with van der Waals surface area (Å²) >= 11 is 0. The highest BCUT2D eigenvalue weighted by Crippen LogP contribution is 2.11. The molecule has 186 valence electrons. The predicted molar refractivity (Wildman–Crippen MR) is 138 cm³/mol. The number of anilines is 2. The molecule has 0 spiro atoms. The molecule has 1 aromatic heterocycles. The van der Waals surface area contributed by atoms with E-state index >= 15 is 0 Å². The van der Waals surface area contributed by atoms with Gasteiger partial charge in [0.05, 0.1) is 13.1 Å². The molecule has 3 rings (SSSR count). The molecular weight excluding hydrogens is 458 g/mol. The smallest absolute Gasteiger partial charge is 0.272 e. The Bertz CT molecular complexity index is 1160. The van der Waals surface area contributed by atoms with E-state index in [1.807, 2.05) is 38.1 Å². The summed E-state index contributed by atoms with van der Waals surface area (Å²) in [5.41, 5.74) is 3.43. The van der Waals surface area contributed by atoms with Crippen LogP contribution in [0.15, 0.2) is 66.7 Å². The lowest BCUT2D eigenvalue weighted by molar-refractivity contribution is -0.117. The maximum Gasteiger partial charge on any atom is 0.272 e. The topological polar surface area (TPSA) is 112 Å². The summed E-state index contributed by atoms with van der Waals surface area (Å²) in [4.78, 5) is 56.9. The van der Waals surface area contributed by atoms with Crippen LogP contribution < -0.4 is 10.6 Å². The lowest BCUT2D eigenvalue weighted by atomic mass is 10.2. The second-order valence-electron chi connectivity index (χ2n) is 8.56. The number of likely N-dealkylation sites (N-methyl/N-ethyl adjacent to an activating group) is 2. The molecule has 9 heteroatoms. The molecule has 0 saturated carbocycles. The maximum atomic E-state index is 12.8. The van der Waals surface area contributed by atoms with Crippen molar-refractivity contribution in [2.45, 2.75) is 13.8 Å². The van der Waals surface area contributed by atoms with Crippen LogP contribution in [-0.4, -0.2) is 65.6 Å². The number of nitrogens with one attached hydrogen (secondary N) is 2. The van der Waals surface area contributed by atoms with Crippen molar-refractivity contribution in [3.05, 3.63) is 89.2 Å². The van der Waals surface area contributed by atoms with Gasteiger partial charge in [-0.25, -0.2) is 4.98 Å². The van der Waals surface area contributed by atoms with Gasteiger partial charge in [-0.1, -0.05) is 41.5 Å². The SMILES string of the molecule is Cc1ccc(NC(=O)CN(C)C(=O)c2cccc(C(=O)N(C)CC(=O)Nc3ccc(C)cc3)n2)cc1. The minimum Gasteiger partial charge on any atom is -0.331 e. The largest absolute Gasteiger partial charge is 0.331 e. The van der Waals surface area contributed by atoms with E-state index in [2.05, 4.69) is 15.6 Å². The van der Waals surface area contributed by atoms with Gasteiger partial charge in [0.15, 0.2) is 0 Å². The number of benzene rings is 2. The van der Waals surface area contributed by atoms with E-state index < -0.39 is 11.8 Å². The molecule has 0 aliphatic rings. The standard InChI is InChI=1S/C27H29N5O4/c1-18-8-12-20(13-9-18)28-24(33)16-31(3)26(35)22-6-5-7-23(30-22)27(36)32(4)17-25(34)29-21-14-10-19(2)11-15-21/h5-15H,16-17H2,1-4H3,(H,28,33)(H,29,34). The Balaban J connectivity index is 1.58. The molecule has 0 atom stereocenters. The summed E-state index contributed by atoms with van der Waals surface area (Å²) in [7, 11) is 2.96. The van der Waals surface area contributed by atoms with Gasteiger partial charge >= 0.3 is 0 Å². The zero-order valence-corrected chi connectivity index (χ0v) is 20.7. The van der Waals surface area contributed by atoms with Crippen molar-refractivity contribution in [3.8, 4) is 0 Å². The fraction of sp³-hybridized carbons (Fsp3) is 0.222. The van der Waals surface area contributed by atoms with E-state index in [1.165, 1.54) is 42.1 Å². The van der Waals surface area contributed by atoms with Gasteiger partial charge in [-0.15, -0.1) is 0 Å². The summed E-state index contributed by atoms with van der Waals surface area (Å²) in [5.74, 6) is -1.74. The maximum absolute atomic E-state index is 12.8. The fourth-order valence-electron chi connectivity index (χ4n) is 3.31. The molecular formula is C27H29N5O4. The van der Waals surface area contributed by atoms with Crippen molar-refractivity contribution in [1.82, 2.24) is 14.8 Å². The van der Waals surface area contributed by atoms with Gasteiger partial charge in [0.25, 0.3) is 11.8 Å². The van der Waals surface area contributed by atoms with Gasteiger partial charge in [0.1, 0.15) is 11.4 Å². The highest BCUT2D eigenvalue weighted by Gasteiger charge is 2.21. The van der Waals surface area contributed by atoms with Crippen molar-refractivity contribution < 1.29 is 19.2 Å². The van der Waals surface area contributed by atoms with Crippen LogP contribution in [0.2, 0.25) is 0 Å². The normalized spacial score (nSPS) is 10.3. The fourth-order valence-corrected chi connectivity index (χ4v) is 3.31. The second-order valence-corrected chi connectivity index (χ2v) is 8.56. The molecule has 0 radical (unpaired) electrons. The molecule has 4 amide bonds. The van der Waals surface area contributed by atoms with E-state index in [1.54, 1.807) is 24.3 Å². The highest BCUT2D eigenvalue weighted by molar-refractivity contribution is 6.01. The van der Waals surface area contributed by atoms with Gasteiger partial charge in [-0.2, -0.15) is 0 Å². The third-order valence-electron chi connectivity index (χ3n) is 5.31. The van der Waals surface area contributed by atoms with Crippen LogP contribution in [0.25, 0.3) is 0 Å². The molecule has 2 aromatic carbocycles. The average Bonchev–Trinajstić information content (AvgIpc) is 2.85. The third kappa shape index (κ3) is 7.23. The monoisotopic (exact) mass is 487 g/mol. The Morgan fingerprint density at radius 3 is 1.36 bits per heavy atom. The predicted octanol–water partition coefficient (Wildman–Crippen LogP) is 3.12. The number of hydrogen-bond donors (Lipinski definition) is 2. The lowest BCUT2D eigenvalue weighted by Gasteiger charge is -2.18. The Kier molecular flexibility index (Phi) is 8.51. The summed E-state index contributed by atoms with van der Waals surface area (Å²) in [6.45, 7) is 3.51. The number of aryl methyl sites for hydroxylation is 2. The molecule has 2 N–H and O–H groups in total. The summed E-state index contributed by atoms with van der Waals surface area (Å²) in [6.07, 6.45) is 0. The molecule has 0 aliphatic heterocycles. The van der Waals surface area contributed by atoms with Gasteiger partial charge < -0.3 is 20.4 Å². The number of nitrogens with zero attached hydrogens (tertiary/aromatic N) is 3. The zero-order chi connectivity index (χ0) is 26.2. The van der Waals surface area contributed by atoms with Crippen molar-refractivity contribution in [2.24, 2.45) is 0 Å². The molecule has 1 heterocycles. The number of carbonyl (C=O) groups is 4. The number of pyridine rings is 1. The Morgan fingerprint density at radius 2 is 1.00 bits per heavy atom. The van der Waals surface area contributed by atoms with Crippen LogP contribution >= 0.6 is 0 Å². The van der Waals surface area contributed by atoms with Crippen molar-refractivity contribution >= 4 is 35.0 Å². The Morgan fingerprint density at radius 1 is 0.639 bits per heavy atom. The molecule has 3 aromatic rings. The number of carbonyl (C=O) groups excluding carboxylic acids is 4. The molecule has 36 heavy (non-hydrogen) atoms. The van der Waals surface area contributed by atoms with Crippen LogP contribution in [0, 0.1) is 13.8 Å².